The van der Waals surface area contributed by atoms with E-state index in [9.17, 15) is 18.0 Å². The molecule has 32 heavy (non-hydrogen) atoms. The van der Waals surface area contributed by atoms with E-state index in [0.717, 1.165) is 0 Å². The van der Waals surface area contributed by atoms with Crippen molar-refractivity contribution in [1.82, 2.24) is 14.2 Å². The minimum Gasteiger partial charge on any atom is -0.463 e. The minimum atomic E-state index is -3.72. The molecular formula is C22H30ClN3O5S. The summed E-state index contributed by atoms with van der Waals surface area (Å²) in [4.78, 5) is 25.4. The number of amides is 1. The molecule has 0 fully saturated rings. The van der Waals surface area contributed by atoms with Gasteiger partial charge in [0.2, 0.25) is 10.0 Å². The van der Waals surface area contributed by atoms with Crippen molar-refractivity contribution >= 4 is 33.5 Å². The van der Waals surface area contributed by atoms with Gasteiger partial charge in [-0.1, -0.05) is 43.6 Å². The average Bonchev–Trinajstić information content (AvgIpc) is 3.10. The first-order chi connectivity index (χ1) is 15.0. The van der Waals surface area contributed by atoms with Crippen molar-refractivity contribution in [2.45, 2.75) is 51.2 Å². The lowest BCUT2D eigenvalue weighted by Crippen LogP contribution is -2.32. The molecule has 0 aliphatic rings. The lowest BCUT2D eigenvalue weighted by molar-refractivity contribution is -0.147. The van der Waals surface area contributed by atoms with Gasteiger partial charge in [-0.15, -0.1) is 0 Å². The lowest BCUT2D eigenvalue weighted by Gasteiger charge is -2.20. The van der Waals surface area contributed by atoms with Crippen LogP contribution in [-0.2, 0) is 26.6 Å². The molecule has 0 spiro atoms. The third kappa shape index (κ3) is 6.11. The number of sulfonamides is 1. The van der Waals surface area contributed by atoms with E-state index in [1.54, 1.807) is 59.0 Å². The largest absolute Gasteiger partial charge is 0.463 e. The monoisotopic (exact) mass is 483 g/mol. The standard InChI is InChI=1S/C22H30ClN3O5S/c1-6-26(7-2)32(29,30)16-12-20(25(5)14-16)22(28)24-19(13-21(27)31-15(3)4)17-10-8-9-11-18(17)23/h8-12,14-15,19H,6-7,13H2,1-5H3,(H,24,28). The van der Waals surface area contributed by atoms with Crippen molar-refractivity contribution in [2.24, 2.45) is 7.05 Å². The van der Waals surface area contributed by atoms with Crippen molar-refractivity contribution in [1.29, 1.82) is 0 Å². The third-order valence-electron chi connectivity index (χ3n) is 4.88. The van der Waals surface area contributed by atoms with Gasteiger partial charge in [-0.25, -0.2) is 8.42 Å². The van der Waals surface area contributed by atoms with Crippen molar-refractivity contribution < 1.29 is 22.7 Å². The number of halogens is 1. The van der Waals surface area contributed by atoms with Gasteiger partial charge in [0.1, 0.15) is 10.6 Å². The number of aryl methyl sites for hydroxylation is 1. The minimum absolute atomic E-state index is 0.0300. The summed E-state index contributed by atoms with van der Waals surface area (Å²) in [5, 5.41) is 3.20. The van der Waals surface area contributed by atoms with Crippen molar-refractivity contribution in [3.8, 4) is 0 Å². The lowest BCUT2D eigenvalue weighted by atomic mass is 10.0. The molecule has 1 N–H and O–H groups in total. The van der Waals surface area contributed by atoms with Gasteiger partial charge in [0.15, 0.2) is 0 Å². The number of nitrogens with one attached hydrogen (secondary N) is 1. The zero-order valence-corrected chi connectivity index (χ0v) is 20.5. The number of rotatable bonds is 10. The zero-order valence-electron chi connectivity index (χ0n) is 19.0. The van der Waals surface area contributed by atoms with Crippen LogP contribution in [0.1, 0.15) is 56.2 Å². The third-order valence-corrected chi connectivity index (χ3v) is 7.24. The summed E-state index contributed by atoms with van der Waals surface area (Å²) in [6, 6.07) is 7.47. The second-order valence-corrected chi connectivity index (χ2v) is 9.90. The summed E-state index contributed by atoms with van der Waals surface area (Å²) in [6.45, 7) is 7.62. The number of hydrogen-bond donors (Lipinski definition) is 1. The Labute approximate surface area is 194 Å². The fourth-order valence-corrected chi connectivity index (χ4v) is 5.12. The first-order valence-corrected chi connectivity index (χ1v) is 12.2. The van der Waals surface area contributed by atoms with Gasteiger partial charge in [-0.3, -0.25) is 9.59 Å². The molecule has 0 aliphatic carbocycles. The van der Waals surface area contributed by atoms with Crippen LogP contribution in [0.25, 0.3) is 0 Å². The molecule has 1 aromatic heterocycles. The van der Waals surface area contributed by atoms with Crippen LogP contribution >= 0.6 is 11.6 Å². The summed E-state index contributed by atoms with van der Waals surface area (Å²) < 4.78 is 33.6. The summed E-state index contributed by atoms with van der Waals surface area (Å²) in [7, 11) is -2.13. The Morgan fingerprint density at radius 3 is 2.38 bits per heavy atom. The summed E-state index contributed by atoms with van der Waals surface area (Å²) in [5.74, 6) is -1.02. The molecule has 10 heteroatoms. The first kappa shape index (κ1) is 25.9. The van der Waals surface area contributed by atoms with Gasteiger partial charge in [-0.2, -0.15) is 4.31 Å². The molecule has 8 nitrogen and oxygen atoms in total. The number of carbonyl (C=O) groups excluding carboxylic acids is 2. The van der Waals surface area contributed by atoms with E-state index in [1.807, 2.05) is 0 Å². The van der Waals surface area contributed by atoms with E-state index in [0.29, 0.717) is 23.7 Å². The number of benzene rings is 1. The molecule has 1 atom stereocenters. The highest BCUT2D eigenvalue weighted by Crippen LogP contribution is 2.27. The SMILES string of the molecule is CCN(CC)S(=O)(=O)c1cc(C(=O)NC(CC(=O)OC(C)C)c2ccccc2Cl)n(C)c1. The highest BCUT2D eigenvalue weighted by Gasteiger charge is 2.27. The molecular weight excluding hydrogens is 454 g/mol. The molecule has 1 aromatic carbocycles. The van der Waals surface area contributed by atoms with Crippen LogP contribution in [0.4, 0.5) is 0 Å². The molecule has 0 bridgehead atoms. The topological polar surface area (TPSA) is 97.7 Å². The molecule has 1 amide bonds. The highest BCUT2D eigenvalue weighted by molar-refractivity contribution is 7.89. The van der Waals surface area contributed by atoms with E-state index in [1.165, 1.54) is 21.1 Å². The molecule has 2 aromatic rings. The number of carbonyl (C=O) groups is 2. The van der Waals surface area contributed by atoms with Crippen LogP contribution in [0.2, 0.25) is 5.02 Å². The van der Waals surface area contributed by atoms with Crippen LogP contribution in [0.15, 0.2) is 41.4 Å². The Morgan fingerprint density at radius 2 is 1.81 bits per heavy atom. The van der Waals surface area contributed by atoms with Gasteiger partial charge in [0.05, 0.1) is 18.6 Å². The normalized spacial score (nSPS) is 12.8. The Balaban J connectivity index is 2.35. The van der Waals surface area contributed by atoms with Crippen LogP contribution in [-0.4, -0.2) is 48.4 Å². The van der Waals surface area contributed by atoms with E-state index in [-0.39, 0.29) is 23.1 Å². The zero-order chi connectivity index (χ0) is 24.1. The van der Waals surface area contributed by atoms with Gasteiger partial charge >= 0.3 is 5.97 Å². The number of nitrogens with zero attached hydrogens (tertiary/aromatic N) is 2. The number of aromatic nitrogens is 1. The fourth-order valence-electron chi connectivity index (χ4n) is 3.32. The Hall–Kier alpha value is -2.36. The smallest absolute Gasteiger partial charge is 0.308 e. The first-order valence-electron chi connectivity index (χ1n) is 10.4. The predicted molar refractivity (Wildman–Crippen MR) is 123 cm³/mol. The van der Waals surface area contributed by atoms with E-state index in [2.05, 4.69) is 5.32 Å². The highest BCUT2D eigenvalue weighted by atomic mass is 35.5. The summed E-state index contributed by atoms with van der Waals surface area (Å²) in [6.07, 6.45) is 0.980. The van der Waals surface area contributed by atoms with Gasteiger partial charge in [-0.05, 0) is 31.5 Å². The van der Waals surface area contributed by atoms with Gasteiger partial charge < -0.3 is 14.6 Å². The number of ether oxygens (including phenoxy) is 1. The van der Waals surface area contributed by atoms with Gasteiger partial charge in [0.25, 0.3) is 5.91 Å². The number of esters is 1. The molecule has 176 valence electrons. The maximum absolute atomic E-state index is 13.1. The Morgan fingerprint density at radius 1 is 1.19 bits per heavy atom. The molecule has 1 unspecified atom stereocenters. The van der Waals surface area contributed by atoms with Crippen LogP contribution in [0, 0.1) is 0 Å². The average molecular weight is 484 g/mol. The van der Waals surface area contributed by atoms with Crippen LogP contribution < -0.4 is 5.32 Å². The van der Waals surface area contributed by atoms with Crippen molar-refractivity contribution in [3.63, 3.8) is 0 Å². The fraction of sp³-hybridized carbons (Fsp3) is 0.455. The van der Waals surface area contributed by atoms with E-state index < -0.39 is 27.9 Å². The molecule has 0 saturated heterocycles. The molecule has 1 heterocycles. The van der Waals surface area contributed by atoms with Crippen LogP contribution in [0.5, 0.6) is 0 Å². The summed E-state index contributed by atoms with van der Waals surface area (Å²) >= 11 is 6.31. The molecule has 0 radical (unpaired) electrons. The molecule has 0 aliphatic heterocycles. The summed E-state index contributed by atoms with van der Waals surface area (Å²) in [5.41, 5.74) is 0.707. The maximum atomic E-state index is 13.1. The van der Waals surface area contributed by atoms with E-state index in [4.69, 9.17) is 16.3 Å². The predicted octanol–water partition coefficient (Wildman–Crippen LogP) is 3.52. The second kappa shape index (κ2) is 11.0. The molecule has 2 rings (SSSR count). The van der Waals surface area contributed by atoms with Crippen molar-refractivity contribution in [2.75, 3.05) is 13.1 Å². The second-order valence-electron chi connectivity index (χ2n) is 7.55. The van der Waals surface area contributed by atoms with E-state index >= 15 is 0 Å². The number of hydrogen-bond acceptors (Lipinski definition) is 5. The Kier molecular flexibility index (Phi) is 8.89. The maximum Gasteiger partial charge on any atom is 0.308 e. The molecule has 0 saturated carbocycles. The van der Waals surface area contributed by atoms with Gasteiger partial charge in [0, 0.05) is 31.4 Å². The quantitative estimate of drug-likeness (QED) is 0.521. The van der Waals surface area contributed by atoms with Crippen molar-refractivity contribution in [3.05, 3.63) is 52.8 Å². The Bertz CT molecular complexity index is 1060. The van der Waals surface area contributed by atoms with Crippen LogP contribution in [0.3, 0.4) is 0 Å².